The van der Waals surface area contributed by atoms with Crippen molar-refractivity contribution in [3.63, 3.8) is 0 Å². The molecule has 4 aromatic rings. The summed E-state index contributed by atoms with van der Waals surface area (Å²) in [5.74, 6) is -1.64. The van der Waals surface area contributed by atoms with Crippen LogP contribution in [0.4, 0.5) is 10.1 Å². The zero-order valence-electron chi connectivity index (χ0n) is 22.0. The highest BCUT2D eigenvalue weighted by atomic mass is 35.5. The summed E-state index contributed by atoms with van der Waals surface area (Å²) >= 11 is 15.4. The van der Waals surface area contributed by atoms with Crippen molar-refractivity contribution in [1.82, 2.24) is 4.57 Å². The molecule has 0 radical (unpaired) electrons. The molecule has 3 heterocycles. The highest BCUT2D eigenvalue weighted by molar-refractivity contribution is 8.00. The lowest BCUT2D eigenvalue weighted by molar-refractivity contribution is -0.123. The van der Waals surface area contributed by atoms with Crippen LogP contribution in [0, 0.1) is 35.4 Å². The van der Waals surface area contributed by atoms with E-state index in [2.05, 4.69) is 0 Å². The molecule has 0 N–H and O–H groups in total. The van der Waals surface area contributed by atoms with Crippen molar-refractivity contribution in [3.05, 3.63) is 114 Å². The Hall–Kier alpha value is -2.91. The summed E-state index contributed by atoms with van der Waals surface area (Å²) in [5, 5.41) is 2.28. The molecule has 0 spiro atoms. The van der Waals surface area contributed by atoms with Crippen molar-refractivity contribution in [3.8, 4) is 0 Å². The lowest BCUT2D eigenvalue weighted by atomic mass is 9.68. The number of amides is 2. The van der Waals surface area contributed by atoms with Gasteiger partial charge < -0.3 is 0 Å². The third kappa shape index (κ3) is 3.91. The number of thioether (sulfide) groups is 1. The minimum absolute atomic E-state index is 0.00108. The van der Waals surface area contributed by atoms with Gasteiger partial charge in [-0.05, 0) is 83.8 Å². The normalized spacial score (nSPS) is 29.1. The second kappa shape index (κ2) is 9.81. The molecule has 1 aromatic heterocycles. The summed E-state index contributed by atoms with van der Waals surface area (Å²) in [5.41, 5.74) is 2.46. The van der Waals surface area contributed by atoms with E-state index < -0.39 is 17.7 Å². The number of carbonyl (C=O) groups excluding carboxylic acids is 2. The number of anilines is 1. The van der Waals surface area contributed by atoms with E-state index in [1.54, 1.807) is 11.8 Å². The first-order valence-electron chi connectivity index (χ1n) is 13.8. The fourth-order valence-electron chi connectivity index (χ4n) is 7.92. The maximum atomic E-state index is 13.9. The summed E-state index contributed by atoms with van der Waals surface area (Å²) in [6, 6.07) is 20.9. The van der Waals surface area contributed by atoms with Gasteiger partial charge in [0.15, 0.2) is 0 Å². The standard InChI is InChI=1S/C32H23Cl2FN2O3S2/c33-17-5-1-15(2-6-17)14-36-31-28(42-32(36)40)23(16-3-7-18(34)8-4-16)24-21-13-22(27(24)41-31)26-25(21)29(38)37(30(26)39)20-11-9-19(35)10-12-20/h1-12,21-27H,13-14H2. The number of thiazole rings is 1. The first kappa shape index (κ1) is 26.7. The van der Waals surface area contributed by atoms with Crippen LogP contribution in [0.2, 0.25) is 10.0 Å². The number of rotatable bonds is 4. The number of hydrogen-bond donors (Lipinski definition) is 0. The molecular formula is C32H23Cl2FN2O3S2. The van der Waals surface area contributed by atoms with Gasteiger partial charge in [0.05, 0.1) is 29.1 Å². The van der Waals surface area contributed by atoms with Crippen molar-refractivity contribution in [2.45, 2.75) is 29.2 Å². The maximum absolute atomic E-state index is 13.9. The van der Waals surface area contributed by atoms with Crippen molar-refractivity contribution in [2.24, 2.45) is 29.6 Å². The van der Waals surface area contributed by atoms with Crippen molar-refractivity contribution < 1.29 is 14.0 Å². The van der Waals surface area contributed by atoms with Crippen LogP contribution in [0.5, 0.6) is 0 Å². The van der Waals surface area contributed by atoms with Gasteiger partial charge in [-0.3, -0.25) is 23.9 Å². The zero-order chi connectivity index (χ0) is 28.9. The molecule has 2 bridgehead atoms. The molecule has 1 saturated heterocycles. The summed E-state index contributed by atoms with van der Waals surface area (Å²) < 4.78 is 15.5. The SMILES string of the molecule is O=C1C2C3CC(C2C(=O)N1c1ccc(F)cc1)C1C(c2ccc(Cl)cc2)c2sc(=O)n(Cc4ccc(Cl)cc4)c2SC31. The molecule has 10 heteroatoms. The number of hydrogen-bond acceptors (Lipinski definition) is 5. The van der Waals surface area contributed by atoms with Crippen LogP contribution in [0.1, 0.15) is 28.3 Å². The van der Waals surface area contributed by atoms with E-state index >= 15 is 0 Å². The highest BCUT2D eigenvalue weighted by Crippen LogP contribution is 2.69. The van der Waals surface area contributed by atoms with Crippen molar-refractivity contribution in [2.75, 3.05) is 4.90 Å². The quantitative estimate of drug-likeness (QED) is 0.225. The average molecular weight is 638 g/mol. The van der Waals surface area contributed by atoms with E-state index in [0.717, 1.165) is 27.5 Å². The van der Waals surface area contributed by atoms with E-state index in [1.165, 1.54) is 40.5 Å². The number of nitrogens with zero attached hydrogens (tertiary/aromatic N) is 2. The molecule has 2 amide bonds. The zero-order valence-corrected chi connectivity index (χ0v) is 25.1. The lowest BCUT2D eigenvalue weighted by Crippen LogP contribution is -2.43. The molecule has 212 valence electrons. The Morgan fingerprint density at radius 1 is 0.810 bits per heavy atom. The van der Waals surface area contributed by atoms with Gasteiger partial charge in [0.2, 0.25) is 11.8 Å². The minimum Gasteiger partial charge on any atom is -0.289 e. The predicted molar refractivity (Wildman–Crippen MR) is 163 cm³/mol. The molecule has 3 fully saturated rings. The molecule has 2 saturated carbocycles. The van der Waals surface area contributed by atoms with Crippen LogP contribution in [-0.2, 0) is 16.1 Å². The van der Waals surface area contributed by atoms with Gasteiger partial charge in [-0.1, -0.05) is 58.8 Å². The first-order valence-corrected chi connectivity index (χ1v) is 16.3. The second-order valence-electron chi connectivity index (χ2n) is 11.5. The second-order valence-corrected chi connectivity index (χ2v) is 14.6. The van der Waals surface area contributed by atoms with E-state index in [1.807, 2.05) is 53.1 Å². The number of fused-ring (bicyclic) bond motifs is 9. The van der Waals surface area contributed by atoms with Crippen molar-refractivity contribution >= 4 is 63.8 Å². The van der Waals surface area contributed by atoms with Gasteiger partial charge in [-0.25, -0.2) is 4.39 Å². The lowest BCUT2D eigenvalue weighted by Gasteiger charge is -2.43. The van der Waals surface area contributed by atoms with E-state index in [0.29, 0.717) is 22.3 Å². The minimum atomic E-state index is -0.418. The molecular weight excluding hydrogens is 614 g/mol. The molecule has 2 aliphatic carbocycles. The number of aromatic nitrogens is 1. The molecule has 7 atom stereocenters. The van der Waals surface area contributed by atoms with Crippen LogP contribution in [0.15, 0.2) is 82.6 Å². The maximum Gasteiger partial charge on any atom is 0.308 e. The predicted octanol–water partition coefficient (Wildman–Crippen LogP) is 7.08. The Labute approximate surface area is 259 Å². The van der Waals surface area contributed by atoms with Crippen molar-refractivity contribution in [1.29, 1.82) is 0 Å². The fraction of sp³-hybridized carbons (Fsp3) is 0.281. The Morgan fingerprint density at radius 3 is 2.10 bits per heavy atom. The van der Waals surface area contributed by atoms with Crippen LogP contribution < -0.4 is 9.77 Å². The van der Waals surface area contributed by atoms with Crippen LogP contribution in [0.3, 0.4) is 0 Å². The first-order chi connectivity index (χ1) is 20.3. The number of benzene rings is 3. The number of carbonyl (C=O) groups is 2. The number of imide groups is 1. The fourth-order valence-corrected chi connectivity index (χ4v) is 11.3. The largest absolute Gasteiger partial charge is 0.308 e. The Morgan fingerprint density at radius 2 is 1.43 bits per heavy atom. The van der Waals surface area contributed by atoms with Gasteiger partial charge >= 0.3 is 4.87 Å². The summed E-state index contributed by atoms with van der Waals surface area (Å²) in [7, 11) is 0. The molecule has 42 heavy (non-hydrogen) atoms. The van der Waals surface area contributed by atoms with E-state index in [9.17, 15) is 18.8 Å². The van der Waals surface area contributed by atoms with E-state index in [4.69, 9.17) is 23.2 Å². The third-order valence-electron chi connectivity index (χ3n) is 9.52. The van der Waals surface area contributed by atoms with Gasteiger partial charge in [-0.15, -0.1) is 11.8 Å². The molecule has 3 aromatic carbocycles. The Balaban J connectivity index is 1.23. The van der Waals surface area contributed by atoms with Crippen LogP contribution in [0.25, 0.3) is 0 Å². The smallest absolute Gasteiger partial charge is 0.289 e. The average Bonchev–Trinajstić information content (AvgIpc) is 3.70. The molecule has 5 nitrogen and oxygen atoms in total. The molecule has 8 rings (SSSR count). The topological polar surface area (TPSA) is 59.4 Å². The molecule has 7 unspecified atom stereocenters. The Kier molecular flexibility index (Phi) is 6.23. The summed E-state index contributed by atoms with van der Waals surface area (Å²) in [4.78, 5) is 43.5. The number of halogens is 3. The van der Waals surface area contributed by atoms with Gasteiger partial charge in [0.1, 0.15) is 5.82 Å². The van der Waals surface area contributed by atoms with Gasteiger partial charge in [-0.2, -0.15) is 0 Å². The van der Waals surface area contributed by atoms with Crippen LogP contribution >= 0.6 is 46.3 Å². The highest BCUT2D eigenvalue weighted by Gasteiger charge is 2.69. The third-order valence-corrected chi connectivity index (χ3v) is 12.8. The molecule has 4 aliphatic rings. The van der Waals surface area contributed by atoms with E-state index in [-0.39, 0.29) is 45.6 Å². The summed E-state index contributed by atoms with van der Waals surface area (Å²) in [6.45, 7) is 0.426. The van der Waals surface area contributed by atoms with Gasteiger partial charge in [0, 0.05) is 26.1 Å². The van der Waals surface area contributed by atoms with Gasteiger partial charge in [0.25, 0.3) is 0 Å². The molecule has 2 aliphatic heterocycles. The summed E-state index contributed by atoms with van der Waals surface area (Å²) in [6.07, 6.45) is 0.798. The Bertz CT molecular complexity index is 1810. The monoisotopic (exact) mass is 636 g/mol. The van der Waals surface area contributed by atoms with Crippen LogP contribution in [-0.4, -0.2) is 21.6 Å².